The number of ether oxygens (including phenoxy) is 1. The molecular formula is C18H25NO4S2. The van der Waals surface area contributed by atoms with Gasteiger partial charge in [-0.2, -0.15) is 4.31 Å². The third kappa shape index (κ3) is 4.15. The van der Waals surface area contributed by atoms with E-state index in [2.05, 4.69) is 19.1 Å². The van der Waals surface area contributed by atoms with Crippen molar-refractivity contribution in [1.82, 2.24) is 4.31 Å². The van der Waals surface area contributed by atoms with Gasteiger partial charge in [-0.15, -0.1) is 11.3 Å². The number of rotatable bonds is 5. The minimum atomic E-state index is -3.62. The average molecular weight is 384 g/mol. The number of piperidine rings is 1. The van der Waals surface area contributed by atoms with Crippen molar-refractivity contribution in [2.75, 3.05) is 19.7 Å². The molecule has 2 heterocycles. The fourth-order valence-electron chi connectivity index (χ4n) is 3.38. The summed E-state index contributed by atoms with van der Waals surface area (Å²) in [4.78, 5) is 12.8. The van der Waals surface area contributed by atoms with Crippen molar-refractivity contribution in [3.05, 3.63) is 28.5 Å². The lowest BCUT2D eigenvalue weighted by molar-refractivity contribution is 0.0397. The monoisotopic (exact) mass is 383 g/mol. The Bertz CT molecular complexity index is 732. The molecule has 0 bridgehead atoms. The Morgan fingerprint density at radius 1 is 1.24 bits per heavy atom. The van der Waals surface area contributed by atoms with Crippen LogP contribution < -0.4 is 0 Å². The molecule has 138 valence electrons. The van der Waals surface area contributed by atoms with Crippen LogP contribution in [0.1, 0.15) is 48.7 Å². The maximum absolute atomic E-state index is 12.8. The number of hydrogen-bond donors (Lipinski definition) is 0. The molecule has 7 heteroatoms. The van der Waals surface area contributed by atoms with Gasteiger partial charge in [-0.25, -0.2) is 13.2 Å². The highest BCUT2D eigenvalue weighted by Gasteiger charge is 2.32. The zero-order valence-electron chi connectivity index (χ0n) is 14.5. The maximum Gasteiger partial charge on any atom is 0.349 e. The number of carbonyl (C=O) groups is 1. The fraction of sp³-hybridized carbons (Fsp3) is 0.611. The lowest BCUT2D eigenvalue weighted by Crippen LogP contribution is -2.36. The molecular weight excluding hydrogens is 358 g/mol. The summed E-state index contributed by atoms with van der Waals surface area (Å²) in [5.74, 6) is 0.251. The number of hydrogen-bond acceptors (Lipinski definition) is 5. The standard InChI is InChI=1S/C18H25NO4S2/c1-14-7-3-4-8-15(14)13-23-18(20)17-16(9-12-24-17)25(21,22)19-10-5-2-6-11-19/h3-4,9,12,14-15H,2,5-8,10-11,13H2,1H3. The molecule has 1 saturated heterocycles. The predicted octanol–water partition coefficient (Wildman–Crippen LogP) is 3.68. The van der Waals surface area contributed by atoms with Gasteiger partial charge < -0.3 is 4.74 Å². The number of allylic oxidation sites excluding steroid dienone is 2. The lowest BCUT2D eigenvalue weighted by Gasteiger charge is -2.26. The van der Waals surface area contributed by atoms with Crippen LogP contribution in [0.5, 0.6) is 0 Å². The van der Waals surface area contributed by atoms with Gasteiger partial charge in [-0.1, -0.05) is 25.5 Å². The molecule has 0 spiro atoms. The average Bonchev–Trinajstić information content (AvgIpc) is 3.12. The van der Waals surface area contributed by atoms with Crippen LogP contribution in [-0.2, 0) is 14.8 Å². The Morgan fingerprint density at radius 2 is 1.96 bits per heavy atom. The largest absolute Gasteiger partial charge is 0.461 e. The van der Waals surface area contributed by atoms with E-state index in [9.17, 15) is 13.2 Å². The van der Waals surface area contributed by atoms with Gasteiger partial charge in [0.05, 0.1) is 6.61 Å². The highest BCUT2D eigenvalue weighted by molar-refractivity contribution is 7.89. The zero-order valence-corrected chi connectivity index (χ0v) is 16.2. The number of carbonyl (C=O) groups excluding carboxylic acids is 1. The number of sulfonamides is 1. The summed E-state index contributed by atoms with van der Waals surface area (Å²) < 4.78 is 32.7. The maximum atomic E-state index is 12.8. The Labute approximate surface area is 153 Å². The first kappa shape index (κ1) is 18.6. The summed E-state index contributed by atoms with van der Waals surface area (Å²) in [5, 5.41) is 1.65. The van der Waals surface area contributed by atoms with Crippen molar-refractivity contribution in [3.8, 4) is 0 Å². The van der Waals surface area contributed by atoms with E-state index in [4.69, 9.17) is 4.74 Å². The smallest absolute Gasteiger partial charge is 0.349 e. The quantitative estimate of drug-likeness (QED) is 0.575. The number of thiophene rings is 1. The van der Waals surface area contributed by atoms with Crippen molar-refractivity contribution >= 4 is 27.3 Å². The highest BCUT2D eigenvalue weighted by atomic mass is 32.2. The van der Waals surface area contributed by atoms with E-state index >= 15 is 0 Å². The van der Waals surface area contributed by atoms with E-state index in [0.29, 0.717) is 31.5 Å². The van der Waals surface area contributed by atoms with Crippen LogP contribution in [0.2, 0.25) is 0 Å². The molecule has 1 fully saturated rings. The molecule has 0 radical (unpaired) electrons. The first-order valence-electron chi connectivity index (χ1n) is 8.90. The molecule has 1 aromatic heterocycles. The first-order valence-corrected chi connectivity index (χ1v) is 11.2. The van der Waals surface area contributed by atoms with Gasteiger partial charge in [-0.05, 0) is 49.0 Å². The first-order chi connectivity index (χ1) is 12.0. The molecule has 2 unspecified atom stereocenters. The molecule has 1 aliphatic heterocycles. The van der Waals surface area contributed by atoms with E-state index in [1.807, 2.05) is 0 Å². The molecule has 0 amide bonds. The fourth-order valence-corrected chi connectivity index (χ4v) is 6.18. The molecule has 3 rings (SSSR count). The van der Waals surface area contributed by atoms with Gasteiger partial charge in [0.15, 0.2) is 0 Å². The van der Waals surface area contributed by atoms with Crippen molar-refractivity contribution in [3.63, 3.8) is 0 Å². The van der Waals surface area contributed by atoms with E-state index in [-0.39, 0.29) is 9.77 Å². The van der Waals surface area contributed by atoms with Crippen molar-refractivity contribution in [2.24, 2.45) is 11.8 Å². The Morgan fingerprint density at radius 3 is 2.68 bits per heavy atom. The van der Waals surface area contributed by atoms with E-state index in [1.54, 1.807) is 5.38 Å². The number of esters is 1. The second kappa shape index (κ2) is 8.01. The third-order valence-electron chi connectivity index (χ3n) is 5.09. The van der Waals surface area contributed by atoms with Gasteiger partial charge >= 0.3 is 5.97 Å². The molecule has 5 nitrogen and oxygen atoms in total. The minimum absolute atomic E-state index is 0.0981. The molecule has 0 N–H and O–H groups in total. The van der Waals surface area contributed by atoms with Crippen LogP contribution >= 0.6 is 11.3 Å². The zero-order chi connectivity index (χ0) is 17.9. The molecule has 2 aliphatic rings. The van der Waals surface area contributed by atoms with E-state index in [1.165, 1.54) is 10.4 Å². The van der Waals surface area contributed by atoms with E-state index < -0.39 is 16.0 Å². The minimum Gasteiger partial charge on any atom is -0.461 e. The van der Waals surface area contributed by atoms with Gasteiger partial charge in [-0.3, -0.25) is 0 Å². The topological polar surface area (TPSA) is 63.7 Å². The Balaban J connectivity index is 1.70. The lowest BCUT2D eigenvalue weighted by atomic mass is 9.85. The predicted molar refractivity (Wildman–Crippen MR) is 98.2 cm³/mol. The second-order valence-electron chi connectivity index (χ2n) is 6.86. The van der Waals surface area contributed by atoms with Crippen LogP contribution in [0.25, 0.3) is 0 Å². The highest BCUT2D eigenvalue weighted by Crippen LogP contribution is 2.29. The van der Waals surface area contributed by atoms with Gasteiger partial charge in [0.25, 0.3) is 0 Å². The summed E-state index contributed by atoms with van der Waals surface area (Å²) >= 11 is 1.14. The molecule has 1 aliphatic carbocycles. The molecule has 1 aromatic rings. The summed E-state index contributed by atoms with van der Waals surface area (Å²) in [6, 6.07) is 1.52. The summed E-state index contributed by atoms with van der Waals surface area (Å²) in [7, 11) is -3.62. The van der Waals surface area contributed by atoms with Crippen LogP contribution in [0.4, 0.5) is 0 Å². The van der Waals surface area contributed by atoms with Crippen molar-refractivity contribution < 1.29 is 17.9 Å². The molecule has 2 atom stereocenters. The summed E-state index contributed by atoms with van der Waals surface area (Å²) in [6.45, 7) is 3.54. The molecule has 25 heavy (non-hydrogen) atoms. The van der Waals surface area contributed by atoms with Crippen LogP contribution in [-0.4, -0.2) is 38.4 Å². The normalized spacial score (nSPS) is 25.0. The summed E-state index contributed by atoms with van der Waals surface area (Å²) in [5.41, 5.74) is 0. The van der Waals surface area contributed by atoms with Gasteiger partial charge in [0.2, 0.25) is 10.0 Å². The van der Waals surface area contributed by atoms with Crippen LogP contribution in [0.3, 0.4) is 0 Å². The second-order valence-corrected chi connectivity index (χ2v) is 9.68. The van der Waals surface area contributed by atoms with Crippen molar-refractivity contribution in [2.45, 2.75) is 43.9 Å². The Kier molecular flexibility index (Phi) is 5.96. The van der Waals surface area contributed by atoms with Gasteiger partial charge in [0.1, 0.15) is 9.77 Å². The van der Waals surface area contributed by atoms with Crippen LogP contribution in [0, 0.1) is 11.8 Å². The number of nitrogens with zero attached hydrogens (tertiary/aromatic N) is 1. The Hall–Kier alpha value is -1.18. The molecule has 0 saturated carbocycles. The molecule has 0 aromatic carbocycles. The summed E-state index contributed by atoms with van der Waals surface area (Å²) in [6.07, 6.45) is 8.97. The van der Waals surface area contributed by atoms with Crippen molar-refractivity contribution in [1.29, 1.82) is 0 Å². The SMILES string of the molecule is CC1CC=CCC1COC(=O)c1sccc1S(=O)(=O)N1CCCCC1. The van der Waals surface area contributed by atoms with Crippen LogP contribution in [0.15, 0.2) is 28.5 Å². The third-order valence-corrected chi connectivity index (χ3v) is 8.06. The van der Waals surface area contributed by atoms with E-state index in [0.717, 1.165) is 43.4 Å². The van der Waals surface area contributed by atoms with Gasteiger partial charge in [0, 0.05) is 13.1 Å².